The molecular formula is C21H42ClNO. The minimum Gasteiger partial charge on any atom is -0.380 e. The van der Waals surface area contributed by atoms with E-state index < -0.39 is 0 Å². The lowest BCUT2D eigenvalue weighted by molar-refractivity contribution is 0.112. The Bertz CT molecular complexity index is 258. The van der Waals surface area contributed by atoms with Crippen molar-refractivity contribution in [3.8, 4) is 0 Å². The topological polar surface area (TPSA) is 12.5 Å². The van der Waals surface area contributed by atoms with Crippen LogP contribution in [0, 0.1) is 0 Å². The lowest BCUT2D eigenvalue weighted by Gasteiger charge is -2.12. The first-order chi connectivity index (χ1) is 11.8. The molecule has 0 aliphatic heterocycles. The van der Waals surface area contributed by atoms with Crippen LogP contribution in [0.5, 0.6) is 0 Å². The third-order valence-corrected chi connectivity index (χ3v) is 4.78. The Labute approximate surface area is 157 Å². The van der Waals surface area contributed by atoms with E-state index in [1.165, 1.54) is 83.5 Å². The highest BCUT2D eigenvalue weighted by molar-refractivity contribution is 6.17. The molecule has 24 heavy (non-hydrogen) atoms. The second kappa shape index (κ2) is 21.0. The summed E-state index contributed by atoms with van der Waals surface area (Å²) in [5.74, 6) is 0. The first-order valence-corrected chi connectivity index (χ1v) is 10.8. The Hall–Kier alpha value is -0.0500. The molecule has 0 rings (SSSR count). The molecule has 2 nitrogen and oxygen atoms in total. The number of hydrogen-bond donors (Lipinski definition) is 0. The van der Waals surface area contributed by atoms with Crippen molar-refractivity contribution >= 4 is 11.6 Å². The molecule has 144 valence electrons. The summed E-state index contributed by atoms with van der Waals surface area (Å²) in [5, 5.41) is 0. The van der Waals surface area contributed by atoms with Gasteiger partial charge in [-0.05, 0) is 39.2 Å². The summed E-state index contributed by atoms with van der Waals surface area (Å²) in [6.07, 6.45) is 22.3. The van der Waals surface area contributed by atoms with E-state index in [0.717, 1.165) is 19.8 Å². The number of likely N-dealkylation sites (N-methyl/N-ethyl adjacent to an activating group) is 1. The van der Waals surface area contributed by atoms with Crippen LogP contribution < -0.4 is 0 Å². The van der Waals surface area contributed by atoms with Gasteiger partial charge in [-0.15, -0.1) is 11.6 Å². The molecule has 0 spiro atoms. The van der Waals surface area contributed by atoms with E-state index in [9.17, 15) is 0 Å². The van der Waals surface area contributed by atoms with Crippen molar-refractivity contribution in [1.82, 2.24) is 4.90 Å². The average Bonchev–Trinajstić information content (AvgIpc) is 2.60. The van der Waals surface area contributed by atoms with Gasteiger partial charge in [0.05, 0.1) is 12.6 Å². The fraction of sp³-hybridized carbons (Fsp3) is 0.905. The summed E-state index contributed by atoms with van der Waals surface area (Å²) in [5.41, 5.74) is 0. The number of hydrogen-bond acceptors (Lipinski definition) is 2. The van der Waals surface area contributed by atoms with Crippen molar-refractivity contribution in [2.45, 2.75) is 90.4 Å². The van der Waals surface area contributed by atoms with E-state index in [4.69, 9.17) is 16.3 Å². The van der Waals surface area contributed by atoms with Crippen molar-refractivity contribution in [1.29, 1.82) is 0 Å². The maximum absolute atomic E-state index is 5.70. The van der Waals surface area contributed by atoms with Gasteiger partial charge in [-0.3, -0.25) is 4.90 Å². The fourth-order valence-electron chi connectivity index (χ4n) is 2.66. The monoisotopic (exact) mass is 359 g/mol. The standard InChI is InChI=1S/C21H42ClNO/c1-3-4-5-6-7-8-9-10-11-12-13-14-15-16-17-19-24-20-18-23(2)21-22/h10-11H,3-9,12-21H2,1-2H3/b11-10-. The molecule has 0 bridgehead atoms. The van der Waals surface area contributed by atoms with Gasteiger partial charge in [0, 0.05) is 13.2 Å². The molecule has 0 saturated carbocycles. The van der Waals surface area contributed by atoms with E-state index in [0.29, 0.717) is 6.00 Å². The molecule has 0 fully saturated rings. The lowest BCUT2D eigenvalue weighted by Crippen LogP contribution is -2.21. The van der Waals surface area contributed by atoms with Gasteiger partial charge in [-0.1, -0.05) is 70.4 Å². The molecule has 0 saturated heterocycles. The highest BCUT2D eigenvalue weighted by Crippen LogP contribution is 2.09. The maximum atomic E-state index is 5.70. The van der Waals surface area contributed by atoms with Crippen LogP contribution in [0.3, 0.4) is 0 Å². The predicted octanol–water partition coefficient (Wildman–Crippen LogP) is 6.78. The van der Waals surface area contributed by atoms with E-state index in [2.05, 4.69) is 24.0 Å². The molecule has 0 aromatic heterocycles. The summed E-state index contributed by atoms with van der Waals surface area (Å²) < 4.78 is 5.61. The highest BCUT2D eigenvalue weighted by atomic mass is 35.5. The zero-order valence-electron chi connectivity index (χ0n) is 16.4. The van der Waals surface area contributed by atoms with Crippen LogP contribution in [0.15, 0.2) is 12.2 Å². The Balaban J connectivity index is 3.08. The van der Waals surface area contributed by atoms with Gasteiger partial charge < -0.3 is 4.74 Å². The highest BCUT2D eigenvalue weighted by Gasteiger charge is 1.95. The fourth-order valence-corrected chi connectivity index (χ4v) is 2.78. The Morgan fingerprint density at radius 3 is 1.88 bits per heavy atom. The average molecular weight is 360 g/mol. The van der Waals surface area contributed by atoms with Gasteiger partial charge in [0.15, 0.2) is 0 Å². The van der Waals surface area contributed by atoms with E-state index >= 15 is 0 Å². The molecule has 0 aliphatic carbocycles. The number of nitrogens with zero attached hydrogens (tertiary/aromatic N) is 1. The summed E-state index contributed by atoms with van der Waals surface area (Å²) in [6.45, 7) is 4.90. The molecule has 0 aromatic carbocycles. The van der Waals surface area contributed by atoms with Gasteiger partial charge in [-0.2, -0.15) is 0 Å². The maximum Gasteiger partial charge on any atom is 0.0736 e. The molecule has 0 aliphatic rings. The smallest absolute Gasteiger partial charge is 0.0736 e. The van der Waals surface area contributed by atoms with Crippen LogP contribution in [0.4, 0.5) is 0 Å². The normalized spacial score (nSPS) is 11.8. The number of alkyl halides is 1. The Kier molecular flexibility index (Phi) is 20.9. The minimum atomic E-state index is 0.580. The number of ether oxygens (including phenoxy) is 1. The van der Waals surface area contributed by atoms with Crippen LogP contribution >= 0.6 is 11.6 Å². The van der Waals surface area contributed by atoms with Crippen LogP contribution in [0.25, 0.3) is 0 Å². The van der Waals surface area contributed by atoms with Crippen LogP contribution in [-0.2, 0) is 4.74 Å². The van der Waals surface area contributed by atoms with Crippen LogP contribution in [-0.4, -0.2) is 37.7 Å². The zero-order chi connectivity index (χ0) is 17.7. The van der Waals surface area contributed by atoms with E-state index in [1.807, 2.05) is 7.05 Å². The van der Waals surface area contributed by atoms with Crippen molar-refractivity contribution < 1.29 is 4.74 Å². The summed E-state index contributed by atoms with van der Waals surface area (Å²) in [7, 11) is 2.01. The Morgan fingerprint density at radius 2 is 1.29 bits per heavy atom. The molecule has 0 heterocycles. The van der Waals surface area contributed by atoms with Crippen LogP contribution in [0.2, 0.25) is 0 Å². The minimum absolute atomic E-state index is 0.580. The third kappa shape index (κ3) is 20.0. The summed E-state index contributed by atoms with van der Waals surface area (Å²) in [4.78, 5) is 2.06. The first kappa shape index (κ1) is 23.9. The van der Waals surface area contributed by atoms with Crippen molar-refractivity contribution in [2.24, 2.45) is 0 Å². The second-order valence-electron chi connectivity index (χ2n) is 6.90. The zero-order valence-corrected chi connectivity index (χ0v) is 17.2. The van der Waals surface area contributed by atoms with Crippen molar-refractivity contribution in [3.63, 3.8) is 0 Å². The number of rotatable bonds is 19. The second-order valence-corrected chi connectivity index (χ2v) is 7.13. The van der Waals surface area contributed by atoms with Gasteiger partial charge in [0.2, 0.25) is 0 Å². The molecule has 0 amide bonds. The van der Waals surface area contributed by atoms with Crippen LogP contribution in [0.1, 0.15) is 90.4 Å². The third-order valence-electron chi connectivity index (χ3n) is 4.37. The lowest BCUT2D eigenvalue weighted by atomic mass is 10.1. The van der Waals surface area contributed by atoms with E-state index in [1.54, 1.807) is 0 Å². The molecule has 0 N–H and O–H groups in total. The van der Waals surface area contributed by atoms with Crippen molar-refractivity contribution in [2.75, 3.05) is 32.8 Å². The largest absolute Gasteiger partial charge is 0.380 e. The quantitative estimate of drug-likeness (QED) is 0.109. The summed E-state index contributed by atoms with van der Waals surface area (Å²) >= 11 is 5.70. The number of unbranched alkanes of at least 4 members (excludes halogenated alkanes) is 11. The van der Waals surface area contributed by atoms with Gasteiger partial charge in [0.1, 0.15) is 0 Å². The molecule has 3 heteroatoms. The Morgan fingerprint density at radius 1 is 0.750 bits per heavy atom. The van der Waals surface area contributed by atoms with Gasteiger partial charge >= 0.3 is 0 Å². The van der Waals surface area contributed by atoms with Crippen molar-refractivity contribution in [3.05, 3.63) is 12.2 Å². The predicted molar refractivity (Wildman–Crippen MR) is 109 cm³/mol. The number of halogens is 1. The molecule has 0 radical (unpaired) electrons. The molecule has 0 atom stereocenters. The molecule has 0 aromatic rings. The summed E-state index contributed by atoms with van der Waals surface area (Å²) in [6, 6.07) is 0.580. The SMILES string of the molecule is CCCCCCCC/C=C\CCCCCCCOCCN(C)CCl. The van der Waals surface area contributed by atoms with Gasteiger partial charge in [0.25, 0.3) is 0 Å². The molecule has 0 unspecified atom stereocenters. The first-order valence-electron chi connectivity index (χ1n) is 10.3. The number of allylic oxidation sites excluding steroid dienone is 2. The van der Waals surface area contributed by atoms with Gasteiger partial charge in [-0.25, -0.2) is 0 Å². The molecular weight excluding hydrogens is 318 g/mol. The van der Waals surface area contributed by atoms with E-state index in [-0.39, 0.29) is 0 Å².